The number of amides is 2. The normalized spacial score (nSPS) is 10.5. The van der Waals surface area contributed by atoms with E-state index in [4.69, 9.17) is 10.5 Å². The number of thiazole rings is 1. The van der Waals surface area contributed by atoms with Crippen molar-refractivity contribution in [3.8, 4) is 11.5 Å². The van der Waals surface area contributed by atoms with Crippen LogP contribution in [-0.2, 0) is 6.42 Å². The number of benzene rings is 3. The molecule has 1 heterocycles. The SMILES string of the molecule is NC(=O)c1ccc(Oc2ccc(C(=O)Nc3ncc(Cc4ccc(F)cc4)s3)cc2)cc1. The number of anilines is 1. The number of rotatable bonds is 7. The first-order valence-corrected chi connectivity index (χ1v) is 10.5. The van der Waals surface area contributed by atoms with Crippen molar-refractivity contribution >= 4 is 28.3 Å². The van der Waals surface area contributed by atoms with Gasteiger partial charge >= 0.3 is 0 Å². The minimum atomic E-state index is -0.505. The Hall–Kier alpha value is -4.04. The lowest BCUT2D eigenvalue weighted by Gasteiger charge is -2.07. The van der Waals surface area contributed by atoms with Crippen LogP contribution in [0.15, 0.2) is 79.0 Å². The van der Waals surface area contributed by atoms with Gasteiger partial charge in [-0.05, 0) is 66.2 Å². The predicted octanol–water partition coefficient (Wildman–Crippen LogP) is 5.02. The number of nitrogens with two attached hydrogens (primary N) is 1. The van der Waals surface area contributed by atoms with Crippen LogP contribution in [0, 0.1) is 5.82 Å². The van der Waals surface area contributed by atoms with Crippen LogP contribution in [0.4, 0.5) is 9.52 Å². The molecule has 0 fully saturated rings. The fraction of sp³-hybridized carbons (Fsp3) is 0.0417. The van der Waals surface area contributed by atoms with Crippen LogP contribution in [0.5, 0.6) is 11.5 Å². The second-order valence-corrected chi connectivity index (χ2v) is 8.02. The number of nitrogens with one attached hydrogen (secondary N) is 1. The number of carbonyl (C=O) groups excluding carboxylic acids is 2. The fourth-order valence-electron chi connectivity index (χ4n) is 2.92. The molecule has 8 heteroatoms. The van der Waals surface area contributed by atoms with Crippen molar-refractivity contribution in [3.63, 3.8) is 0 Å². The molecule has 0 saturated carbocycles. The van der Waals surface area contributed by atoms with Crippen LogP contribution in [0.3, 0.4) is 0 Å². The Morgan fingerprint density at radius 2 is 1.50 bits per heavy atom. The summed E-state index contributed by atoms with van der Waals surface area (Å²) in [6, 6.07) is 19.4. The molecule has 0 bridgehead atoms. The van der Waals surface area contributed by atoms with Crippen LogP contribution >= 0.6 is 11.3 Å². The number of ether oxygens (including phenoxy) is 1. The third-order valence-corrected chi connectivity index (χ3v) is 5.47. The fourth-order valence-corrected chi connectivity index (χ4v) is 3.76. The molecule has 32 heavy (non-hydrogen) atoms. The highest BCUT2D eigenvalue weighted by atomic mass is 32.1. The largest absolute Gasteiger partial charge is 0.457 e. The van der Waals surface area contributed by atoms with Gasteiger partial charge in [0.2, 0.25) is 5.91 Å². The van der Waals surface area contributed by atoms with E-state index in [1.165, 1.54) is 23.5 Å². The molecule has 0 aliphatic heterocycles. The van der Waals surface area contributed by atoms with Crippen LogP contribution in [0.25, 0.3) is 0 Å². The minimum absolute atomic E-state index is 0.275. The molecular formula is C24H18FN3O3S. The topological polar surface area (TPSA) is 94.3 Å². The number of carbonyl (C=O) groups is 2. The van der Waals surface area contributed by atoms with E-state index < -0.39 is 5.91 Å². The zero-order chi connectivity index (χ0) is 22.5. The van der Waals surface area contributed by atoms with Gasteiger partial charge in [0.25, 0.3) is 5.91 Å². The summed E-state index contributed by atoms with van der Waals surface area (Å²) >= 11 is 1.37. The molecule has 0 saturated heterocycles. The standard InChI is InChI=1S/C24H18FN3O3S/c25-18-7-1-15(2-8-18)13-21-14-27-24(32-21)28-23(30)17-5-11-20(12-6-17)31-19-9-3-16(4-10-19)22(26)29/h1-12,14H,13H2,(H2,26,29)(H,27,28,30). The number of halogens is 1. The molecule has 0 radical (unpaired) electrons. The lowest BCUT2D eigenvalue weighted by Crippen LogP contribution is -2.11. The van der Waals surface area contributed by atoms with Gasteiger partial charge in [0.05, 0.1) is 0 Å². The van der Waals surface area contributed by atoms with Crippen molar-refractivity contribution in [1.82, 2.24) is 4.98 Å². The van der Waals surface area contributed by atoms with Gasteiger partial charge < -0.3 is 10.5 Å². The summed E-state index contributed by atoms with van der Waals surface area (Å²) in [7, 11) is 0. The predicted molar refractivity (Wildman–Crippen MR) is 121 cm³/mol. The second-order valence-electron chi connectivity index (χ2n) is 6.90. The number of primary amides is 1. The molecule has 2 amide bonds. The van der Waals surface area contributed by atoms with Crippen LogP contribution in [0.2, 0.25) is 0 Å². The molecule has 0 aliphatic carbocycles. The Balaban J connectivity index is 1.35. The van der Waals surface area contributed by atoms with E-state index in [2.05, 4.69) is 10.3 Å². The third-order valence-electron chi connectivity index (χ3n) is 4.56. The van der Waals surface area contributed by atoms with E-state index in [0.717, 1.165) is 10.4 Å². The Morgan fingerprint density at radius 1 is 0.906 bits per heavy atom. The van der Waals surface area contributed by atoms with Gasteiger partial charge in [-0.3, -0.25) is 14.9 Å². The highest BCUT2D eigenvalue weighted by molar-refractivity contribution is 7.15. The molecule has 4 aromatic rings. The van der Waals surface area contributed by atoms with E-state index in [-0.39, 0.29) is 11.7 Å². The number of aromatic nitrogens is 1. The van der Waals surface area contributed by atoms with Gasteiger partial charge in [-0.25, -0.2) is 9.37 Å². The summed E-state index contributed by atoms with van der Waals surface area (Å²) in [5, 5.41) is 3.27. The first-order chi connectivity index (χ1) is 15.5. The maximum Gasteiger partial charge on any atom is 0.257 e. The van der Waals surface area contributed by atoms with Gasteiger partial charge in [0.15, 0.2) is 5.13 Å². The van der Waals surface area contributed by atoms with E-state index in [9.17, 15) is 14.0 Å². The third kappa shape index (κ3) is 5.35. The van der Waals surface area contributed by atoms with Crippen molar-refractivity contribution in [2.24, 2.45) is 5.73 Å². The van der Waals surface area contributed by atoms with Crippen molar-refractivity contribution in [1.29, 1.82) is 0 Å². The highest BCUT2D eigenvalue weighted by Gasteiger charge is 2.10. The lowest BCUT2D eigenvalue weighted by molar-refractivity contribution is 0.0997. The summed E-state index contributed by atoms with van der Waals surface area (Å²) in [4.78, 5) is 28.8. The van der Waals surface area contributed by atoms with Crippen LogP contribution in [-0.4, -0.2) is 16.8 Å². The average Bonchev–Trinajstić information content (AvgIpc) is 3.23. The molecule has 0 aliphatic rings. The average molecular weight is 447 g/mol. The van der Waals surface area contributed by atoms with E-state index >= 15 is 0 Å². The summed E-state index contributed by atoms with van der Waals surface area (Å²) in [5.41, 5.74) is 7.04. The summed E-state index contributed by atoms with van der Waals surface area (Å²) in [5.74, 6) is 0.0241. The quantitative estimate of drug-likeness (QED) is 0.416. The van der Waals surface area contributed by atoms with E-state index in [1.54, 1.807) is 66.9 Å². The molecule has 4 rings (SSSR count). The molecular weight excluding hydrogens is 429 g/mol. The zero-order valence-electron chi connectivity index (χ0n) is 16.7. The summed E-state index contributed by atoms with van der Waals surface area (Å²) in [6.45, 7) is 0. The molecule has 1 aromatic heterocycles. The van der Waals surface area contributed by atoms with Crippen molar-refractivity contribution in [3.05, 3.63) is 106 Å². The minimum Gasteiger partial charge on any atom is -0.457 e. The van der Waals surface area contributed by atoms with Crippen molar-refractivity contribution in [2.45, 2.75) is 6.42 Å². The Kier molecular flexibility index (Phi) is 6.23. The second kappa shape index (κ2) is 9.40. The Morgan fingerprint density at radius 3 is 2.09 bits per heavy atom. The Bertz CT molecular complexity index is 1240. The zero-order valence-corrected chi connectivity index (χ0v) is 17.6. The smallest absolute Gasteiger partial charge is 0.257 e. The number of hydrogen-bond acceptors (Lipinski definition) is 5. The molecule has 0 atom stereocenters. The molecule has 0 unspecified atom stereocenters. The number of nitrogens with zero attached hydrogens (tertiary/aromatic N) is 1. The monoisotopic (exact) mass is 447 g/mol. The van der Waals surface area contributed by atoms with Crippen molar-refractivity contribution < 1.29 is 18.7 Å². The molecule has 160 valence electrons. The summed E-state index contributed by atoms with van der Waals surface area (Å²) < 4.78 is 18.7. The molecule has 3 N–H and O–H groups in total. The van der Waals surface area contributed by atoms with Crippen molar-refractivity contribution in [2.75, 3.05) is 5.32 Å². The number of hydrogen-bond donors (Lipinski definition) is 2. The van der Waals surface area contributed by atoms with Crippen LogP contribution < -0.4 is 15.8 Å². The van der Waals surface area contributed by atoms with E-state index in [0.29, 0.717) is 34.2 Å². The molecule has 6 nitrogen and oxygen atoms in total. The lowest BCUT2D eigenvalue weighted by atomic mass is 10.1. The van der Waals surface area contributed by atoms with E-state index in [1.807, 2.05) is 0 Å². The first kappa shape index (κ1) is 21.2. The first-order valence-electron chi connectivity index (χ1n) is 9.64. The van der Waals surface area contributed by atoms with Gasteiger partial charge in [0, 0.05) is 28.6 Å². The molecule has 3 aromatic carbocycles. The van der Waals surface area contributed by atoms with Gasteiger partial charge in [-0.1, -0.05) is 12.1 Å². The maximum absolute atomic E-state index is 13.0. The van der Waals surface area contributed by atoms with Gasteiger partial charge in [-0.15, -0.1) is 11.3 Å². The van der Waals surface area contributed by atoms with Crippen LogP contribution in [0.1, 0.15) is 31.2 Å². The van der Waals surface area contributed by atoms with Gasteiger partial charge in [0.1, 0.15) is 17.3 Å². The molecule has 0 spiro atoms. The highest BCUT2D eigenvalue weighted by Crippen LogP contribution is 2.24. The van der Waals surface area contributed by atoms with Gasteiger partial charge in [-0.2, -0.15) is 0 Å². The maximum atomic E-state index is 13.0. The Labute approximate surface area is 187 Å². The summed E-state index contributed by atoms with van der Waals surface area (Å²) in [6.07, 6.45) is 2.31.